The van der Waals surface area contributed by atoms with Gasteiger partial charge in [0.05, 0.1) is 5.69 Å². The number of rotatable bonds is 4. The largest absolute Gasteiger partial charge is 0.356 e. The van der Waals surface area contributed by atoms with Gasteiger partial charge in [-0.1, -0.05) is 47.3 Å². The highest BCUT2D eigenvalue weighted by molar-refractivity contribution is 7.98. The van der Waals surface area contributed by atoms with Crippen molar-refractivity contribution in [2.75, 3.05) is 0 Å². The van der Waals surface area contributed by atoms with Gasteiger partial charge in [-0.3, -0.25) is 0 Å². The molecule has 3 heterocycles. The number of aromatic nitrogens is 5. The Bertz CT molecular complexity index is 993. The normalized spacial score (nSPS) is 11.2. The van der Waals surface area contributed by atoms with Crippen LogP contribution in [0.15, 0.2) is 52.1 Å². The summed E-state index contributed by atoms with van der Waals surface area (Å²) in [6.45, 7) is 3.95. The lowest BCUT2D eigenvalue weighted by molar-refractivity contribution is 0.426. The highest BCUT2D eigenvalue weighted by Crippen LogP contribution is 2.24. The minimum absolute atomic E-state index is 0.625. The number of benzene rings is 1. The number of nitrogens with zero attached hydrogens (tertiary/aromatic N) is 5. The van der Waals surface area contributed by atoms with E-state index in [9.17, 15) is 0 Å². The maximum Gasteiger partial charge on any atom is 0.253 e. The standard InChI is InChI=1S/C17H15N5OS/c1-11-8-12(2)22-16(18-11)19-17(20-22)24-10-14-9-15(23-21-14)13-6-4-3-5-7-13/h3-9H,10H2,1-2H3. The van der Waals surface area contributed by atoms with Crippen LogP contribution in [0.2, 0.25) is 0 Å². The monoisotopic (exact) mass is 337 g/mol. The van der Waals surface area contributed by atoms with Crippen LogP contribution >= 0.6 is 11.8 Å². The van der Waals surface area contributed by atoms with Gasteiger partial charge < -0.3 is 4.52 Å². The molecule has 4 aromatic rings. The van der Waals surface area contributed by atoms with E-state index in [1.54, 1.807) is 4.52 Å². The van der Waals surface area contributed by atoms with Crippen molar-refractivity contribution >= 4 is 17.5 Å². The lowest BCUT2D eigenvalue weighted by atomic mass is 10.2. The van der Waals surface area contributed by atoms with Crippen LogP contribution < -0.4 is 0 Å². The quantitative estimate of drug-likeness (QED) is 0.529. The summed E-state index contributed by atoms with van der Waals surface area (Å²) in [5, 5.41) is 9.28. The second kappa shape index (κ2) is 6.09. The second-order valence-electron chi connectivity index (χ2n) is 5.48. The van der Waals surface area contributed by atoms with Crippen LogP contribution in [0.4, 0.5) is 0 Å². The van der Waals surface area contributed by atoms with Crippen LogP contribution in [-0.2, 0) is 5.75 Å². The summed E-state index contributed by atoms with van der Waals surface area (Å²) < 4.78 is 7.17. The van der Waals surface area contributed by atoms with Crippen molar-refractivity contribution in [3.63, 3.8) is 0 Å². The van der Waals surface area contributed by atoms with E-state index in [1.165, 1.54) is 11.8 Å². The SMILES string of the molecule is Cc1cc(C)n2nc(SCc3cc(-c4ccccc4)on3)nc2n1. The smallest absolute Gasteiger partial charge is 0.253 e. The maximum absolute atomic E-state index is 5.41. The zero-order valence-corrected chi connectivity index (χ0v) is 14.1. The van der Waals surface area contributed by atoms with E-state index < -0.39 is 0 Å². The highest BCUT2D eigenvalue weighted by Gasteiger charge is 2.11. The molecule has 0 fully saturated rings. The second-order valence-corrected chi connectivity index (χ2v) is 6.42. The number of hydrogen-bond acceptors (Lipinski definition) is 6. The molecule has 0 aliphatic rings. The van der Waals surface area contributed by atoms with Gasteiger partial charge in [0.2, 0.25) is 5.16 Å². The first-order valence-corrected chi connectivity index (χ1v) is 8.52. The fourth-order valence-electron chi connectivity index (χ4n) is 2.47. The summed E-state index contributed by atoms with van der Waals surface area (Å²) >= 11 is 1.52. The molecule has 0 radical (unpaired) electrons. The van der Waals surface area contributed by atoms with Crippen LogP contribution in [0, 0.1) is 13.8 Å². The van der Waals surface area contributed by atoms with Crippen molar-refractivity contribution in [1.82, 2.24) is 24.7 Å². The topological polar surface area (TPSA) is 69.1 Å². The van der Waals surface area contributed by atoms with Gasteiger partial charge in [-0.25, -0.2) is 9.50 Å². The molecule has 3 aromatic heterocycles. The van der Waals surface area contributed by atoms with Gasteiger partial charge in [0.1, 0.15) is 0 Å². The number of thioether (sulfide) groups is 1. The average Bonchev–Trinajstić information content (AvgIpc) is 3.20. The molecule has 0 bridgehead atoms. The van der Waals surface area contributed by atoms with Crippen LogP contribution in [-0.4, -0.2) is 24.7 Å². The Hall–Kier alpha value is -2.67. The minimum atomic E-state index is 0.625. The van der Waals surface area contributed by atoms with Crippen LogP contribution in [0.3, 0.4) is 0 Å². The Balaban J connectivity index is 1.51. The van der Waals surface area contributed by atoms with Crippen LogP contribution in [0.25, 0.3) is 17.1 Å². The van der Waals surface area contributed by atoms with Crippen molar-refractivity contribution in [1.29, 1.82) is 0 Å². The third-order valence-electron chi connectivity index (χ3n) is 3.57. The fourth-order valence-corrected chi connectivity index (χ4v) is 3.16. The summed E-state index contributed by atoms with van der Waals surface area (Å²) in [6, 6.07) is 13.9. The summed E-state index contributed by atoms with van der Waals surface area (Å²) in [5.41, 5.74) is 3.83. The summed E-state index contributed by atoms with van der Waals surface area (Å²) in [4.78, 5) is 8.86. The Kier molecular flexibility index (Phi) is 3.78. The van der Waals surface area contributed by atoms with Crippen molar-refractivity contribution in [2.45, 2.75) is 24.8 Å². The molecule has 4 rings (SSSR count). The van der Waals surface area contributed by atoms with Crippen molar-refractivity contribution in [2.24, 2.45) is 0 Å². The zero-order valence-electron chi connectivity index (χ0n) is 13.3. The lowest BCUT2D eigenvalue weighted by Gasteiger charge is -1.97. The zero-order chi connectivity index (χ0) is 16.5. The van der Waals surface area contributed by atoms with E-state index in [-0.39, 0.29) is 0 Å². The van der Waals surface area contributed by atoms with E-state index in [0.717, 1.165) is 28.4 Å². The lowest BCUT2D eigenvalue weighted by Crippen LogP contribution is -1.97. The first-order chi connectivity index (χ1) is 11.7. The van der Waals surface area contributed by atoms with Gasteiger partial charge in [-0.2, -0.15) is 4.98 Å². The van der Waals surface area contributed by atoms with E-state index in [1.807, 2.05) is 56.3 Å². The number of fused-ring (bicyclic) bond motifs is 1. The number of hydrogen-bond donors (Lipinski definition) is 0. The molecule has 0 aliphatic heterocycles. The summed E-state index contributed by atoms with van der Waals surface area (Å²) in [5.74, 6) is 2.04. The first kappa shape index (κ1) is 14.9. The van der Waals surface area contributed by atoms with Crippen LogP contribution in [0.5, 0.6) is 0 Å². The molecule has 0 saturated heterocycles. The molecule has 0 aliphatic carbocycles. The first-order valence-electron chi connectivity index (χ1n) is 7.54. The van der Waals surface area contributed by atoms with E-state index in [4.69, 9.17) is 4.52 Å². The van der Waals surface area contributed by atoms with Gasteiger partial charge in [0.25, 0.3) is 5.78 Å². The van der Waals surface area contributed by atoms with Gasteiger partial charge in [-0.15, -0.1) is 5.10 Å². The third kappa shape index (κ3) is 2.90. The van der Waals surface area contributed by atoms with Crippen molar-refractivity contribution < 1.29 is 4.52 Å². The van der Waals surface area contributed by atoms with Gasteiger partial charge in [-0.05, 0) is 19.9 Å². The Labute approximate surface area is 142 Å². The highest BCUT2D eigenvalue weighted by atomic mass is 32.2. The molecular weight excluding hydrogens is 322 g/mol. The molecule has 0 saturated carbocycles. The summed E-state index contributed by atoms with van der Waals surface area (Å²) in [7, 11) is 0. The molecule has 1 aromatic carbocycles. The molecule has 6 nitrogen and oxygen atoms in total. The van der Waals surface area contributed by atoms with E-state index in [2.05, 4.69) is 20.2 Å². The van der Waals surface area contributed by atoms with Crippen molar-refractivity contribution in [3.05, 3.63) is 59.5 Å². The molecule has 0 spiro atoms. The molecule has 0 amide bonds. The molecule has 24 heavy (non-hydrogen) atoms. The Morgan fingerprint density at radius 2 is 1.92 bits per heavy atom. The predicted octanol–water partition coefficient (Wildman–Crippen LogP) is 3.69. The third-order valence-corrected chi connectivity index (χ3v) is 4.44. The molecule has 120 valence electrons. The summed E-state index contributed by atoms with van der Waals surface area (Å²) in [6.07, 6.45) is 0. The van der Waals surface area contributed by atoms with E-state index >= 15 is 0 Å². The molecule has 7 heteroatoms. The molecule has 0 N–H and O–H groups in total. The van der Waals surface area contributed by atoms with Crippen LogP contribution in [0.1, 0.15) is 17.1 Å². The molecular formula is C17H15N5OS. The van der Waals surface area contributed by atoms with Gasteiger partial charge >= 0.3 is 0 Å². The van der Waals surface area contributed by atoms with Gasteiger partial charge in [0.15, 0.2) is 5.76 Å². The molecule has 0 atom stereocenters. The molecule has 0 unspecified atom stereocenters. The minimum Gasteiger partial charge on any atom is -0.356 e. The average molecular weight is 337 g/mol. The Morgan fingerprint density at radius 1 is 1.08 bits per heavy atom. The fraction of sp³-hybridized carbons (Fsp3) is 0.176. The van der Waals surface area contributed by atoms with Crippen molar-refractivity contribution in [3.8, 4) is 11.3 Å². The van der Waals surface area contributed by atoms with E-state index in [0.29, 0.717) is 16.7 Å². The Morgan fingerprint density at radius 3 is 2.75 bits per heavy atom. The predicted molar refractivity (Wildman–Crippen MR) is 91.8 cm³/mol. The number of aryl methyl sites for hydroxylation is 2. The maximum atomic E-state index is 5.41. The van der Waals surface area contributed by atoms with Gasteiger partial charge in [0, 0.05) is 28.8 Å².